The first kappa shape index (κ1) is 17.9. The maximum absolute atomic E-state index is 12.9. The summed E-state index contributed by atoms with van der Waals surface area (Å²) in [5.74, 6) is -2.08. The number of aliphatic hydroxyl groups is 1. The molecule has 2 saturated heterocycles. The van der Waals surface area contributed by atoms with Crippen molar-refractivity contribution in [1.82, 2.24) is 9.80 Å². The van der Waals surface area contributed by atoms with E-state index in [4.69, 9.17) is 0 Å². The SMILES string of the molecule is Cc1ccccc1[C@H]1CN(C(=O)C2(O)CCN(C)CC2)C[C@@H]1C(=O)O. The van der Waals surface area contributed by atoms with Gasteiger partial charge in [0.2, 0.25) is 0 Å². The second kappa shape index (κ2) is 6.77. The molecule has 1 aromatic rings. The van der Waals surface area contributed by atoms with Crippen LogP contribution in [-0.4, -0.2) is 70.7 Å². The van der Waals surface area contributed by atoms with Gasteiger partial charge in [-0.2, -0.15) is 0 Å². The second-order valence-corrected chi connectivity index (χ2v) is 7.45. The van der Waals surface area contributed by atoms with Crippen molar-refractivity contribution in [2.24, 2.45) is 5.92 Å². The fourth-order valence-corrected chi connectivity index (χ4v) is 4.03. The van der Waals surface area contributed by atoms with Gasteiger partial charge in [0.25, 0.3) is 5.91 Å². The van der Waals surface area contributed by atoms with Gasteiger partial charge in [-0.1, -0.05) is 24.3 Å². The van der Waals surface area contributed by atoms with E-state index in [2.05, 4.69) is 4.90 Å². The predicted octanol–water partition coefficient (Wildman–Crippen LogP) is 1.08. The van der Waals surface area contributed by atoms with Gasteiger partial charge >= 0.3 is 5.97 Å². The summed E-state index contributed by atoms with van der Waals surface area (Å²) in [7, 11) is 1.97. The summed E-state index contributed by atoms with van der Waals surface area (Å²) in [6.07, 6.45) is 0.789. The maximum atomic E-state index is 12.9. The van der Waals surface area contributed by atoms with Gasteiger partial charge < -0.3 is 20.0 Å². The number of hydrogen-bond donors (Lipinski definition) is 2. The Labute approximate surface area is 148 Å². The molecule has 6 nitrogen and oxygen atoms in total. The molecule has 1 aromatic carbocycles. The summed E-state index contributed by atoms with van der Waals surface area (Å²) < 4.78 is 0. The minimum absolute atomic E-state index is 0.158. The highest BCUT2D eigenvalue weighted by Gasteiger charge is 2.47. The van der Waals surface area contributed by atoms with Crippen LogP contribution in [0.2, 0.25) is 0 Å². The molecule has 25 heavy (non-hydrogen) atoms. The summed E-state index contributed by atoms with van der Waals surface area (Å²) in [5.41, 5.74) is 0.641. The number of carboxylic acid groups (broad SMARTS) is 1. The summed E-state index contributed by atoms with van der Waals surface area (Å²) in [6, 6.07) is 7.72. The van der Waals surface area contributed by atoms with Crippen LogP contribution in [0, 0.1) is 12.8 Å². The largest absolute Gasteiger partial charge is 0.481 e. The molecule has 0 radical (unpaired) electrons. The summed E-state index contributed by atoms with van der Waals surface area (Å²) in [4.78, 5) is 28.3. The number of aryl methyl sites for hydroxylation is 1. The van der Waals surface area contributed by atoms with Gasteiger partial charge in [-0.05, 0) is 37.9 Å². The van der Waals surface area contributed by atoms with E-state index in [0.717, 1.165) is 11.1 Å². The molecule has 3 rings (SSSR count). The Bertz CT molecular complexity index is 667. The van der Waals surface area contributed by atoms with Crippen LogP contribution in [0.4, 0.5) is 0 Å². The van der Waals surface area contributed by atoms with E-state index < -0.39 is 17.5 Å². The maximum Gasteiger partial charge on any atom is 0.308 e. The van der Waals surface area contributed by atoms with Crippen molar-refractivity contribution in [2.75, 3.05) is 33.2 Å². The summed E-state index contributed by atoms with van der Waals surface area (Å²) in [6.45, 7) is 3.80. The number of piperidine rings is 1. The fraction of sp³-hybridized carbons (Fsp3) is 0.579. The number of likely N-dealkylation sites (tertiary alicyclic amines) is 2. The number of carbonyl (C=O) groups excluding carboxylic acids is 1. The average Bonchev–Trinajstić information content (AvgIpc) is 3.02. The van der Waals surface area contributed by atoms with Gasteiger partial charge in [-0.3, -0.25) is 9.59 Å². The number of rotatable bonds is 3. The van der Waals surface area contributed by atoms with Crippen molar-refractivity contribution in [2.45, 2.75) is 31.3 Å². The molecule has 0 saturated carbocycles. The van der Waals surface area contributed by atoms with Crippen LogP contribution in [0.15, 0.2) is 24.3 Å². The number of benzene rings is 1. The standard InChI is InChI=1S/C19H26N2O4/c1-13-5-3-4-6-14(13)15-11-21(12-16(15)17(22)23)18(24)19(25)7-9-20(2)10-8-19/h3-6,15-16,25H,7-12H2,1-2H3,(H,22,23)/t15-,16+/m1/s1. The lowest BCUT2D eigenvalue weighted by Crippen LogP contribution is -2.54. The molecular weight excluding hydrogens is 320 g/mol. The number of amides is 1. The summed E-state index contributed by atoms with van der Waals surface area (Å²) >= 11 is 0. The molecule has 1 amide bonds. The minimum atomic E-state index is -1.36. The monoisotopic (exact) mass is 346 g/mol. The number of carbonyl (C=O) groups is 2. The van der Waals surface area contributed by atoms with E-state index >= 15 is 0 Å². The third kappa shape index (κ3) is 3.41. The normalized spacial score (nSPS) is 26.6. The molecule has 2 N–H and O–H groups in total. The van der Waals surface area contributed by atoms with Crippen LogP contribution in [0.3, 0.4) is 0 Å². The van der Waals surface area contributed by atoms with Gasteiger partial charge in [0.05, 0.1) is 5.92 Å². The lowest BCUT2D eigenvalue weighted by Gasteiger charge is -2.37. The van der Waals surface area contributed by atoms with Crippen molar-refractivity contribution in [3.05, 3.63) is 35.4 Å². The Morgan fingerprint density at radius 2 is 1.80 bits per heavy atom. The zero-order valence-electron chi connectivity index (χ0n) is 14.8. The van der Waals surface area contributed by atoms with Crippen molar-refractivity contribution in [3.8, 4) is 0 Å². The van der Waals surface area contributed by atoms with Crippen LogP contribution < -0.4 is 0 Å². The zero-order chi connectivity index (χ0) is 18.2. The van der Waals surface area contributed by atoms with Gasteiger partial charge in [-0.25, -0.2) is 0 Å². The molecule has 2 heterocycles. The first-order valence-corrected chi connectivity index (χ1v) is 8.80. The molecule has 0 aromatic heterocycles. The van der Waals surface area contributed by atoms with Crippen molar-refractivity contribution >= 4 is 11.9 Å². The van der Waals surface area contributed by atoms with Crippen LogP contribution in [-0.2, 0) is 9.59 Å². The highest BCUT2D eigenvalue weighted by Crippen LogP contribution is 2.36. The second-order valence-electron chi connectivity index (χ2n) is 7.45. The van der Waals surface area contributed by atoms with Crippen molar-refractivity contribution < 1.29 is 19.8 Å². The van der Waals surface area contributed by atoms with E-state index in [-0.39, 0.29) is 18.4 Å². The molecule has 2 fully saturated rings. The Morgan fingerprint density at radius 1 is 1.16 bits per heavy atom. The van der Waals surface area contributed by atoms with Gasteiger partial charge in [0.1, 0.15) is 5.60 Å². The Kier molecular flexibility index (Phi) is 4.84. The Balaban J connectivity index is 1.82. The van der Waals surface area contributed by atoms with E-state index in [0.29, 0.717) is 32.5 Å². The van der Waals surface area contributed by atoms with Crippen LogP contribution >= 0.6 is 0 Å². The molecule has 2 aliphatic rings. The first-order valence-electron chi connectivity index (χ1n) is 8.80. The van der Waals surface area contributed by atoms with E-state index in [1.165, 1.54) is 0 Å². The molecule has 0 aliphatic carbocycles. The third-order valence-corrected chi connectivity index (χ3v) is 5.72. The predicted molar refractivity (Wildman–Crippen MR) is 93.3 cm³/mol. The number of nitrogens with zero attached hydrogens (tertiary/aromatic N) is 2. The van der Waals surface area contributed by atoms with E-state index in [1.807, 2.05) is 38.2 Å². The number of carboxylic acids is 1. The molecule has 2 aliphatic heterocycles. The number of aliphatic carboxylic acids is 1. The molecular formula is C19H26N2O4. The van der Waals surface area contributed by atoms with Crippen LogP contribution in [0.25, 0.3) is 0 Å². The van der Waals surface area contributed by atoms with Gasteiger partial charge in [0.15, 0.2) is 0 Å². The highest BCUT2D eigenvalue weighted by atomic mass is 16.4. The molecule has 136 valence electrons. The topological polar surface area (TPSA) is 81.1 Å². The van der Waals surface area contributed by atoms with Crippen LogP contribution in [0.5, 0.6) is 0 Å². The van der Waals surface area contributed by atoms with Crippen molar-refractivity contribution in [1.29, 1.82) is 0 Å². The molecule has 0 unspecified atom stereocenters. The lowest BCUT2D eigenvalue weighted by molar-refractivity contribution is -0.155. The molecule has 6 heteroatoms. The highest BCUT2D eigenvalue weighted by molar-refractivity contribution is 5.86. The Hall–Kier alpha value is -1.92. The van der Waals surface area contributed by atoms with Crippen LogP contribution in [0.1, 0.15) is 29.9 Å². The first-order chi connectivity index (χ1) is 11.8. The van der Waals surface area contributed by atoms with E-state index in [1.54, 1.807) is 4.90 Å². The molecule has 0 bridgehead atoms. The van der Waals surface area contributed by atoms with Gasteiger partial charge in [-0.15, -0.1) is 0 Å². The number of hydrogen-bond acceptors (Lipinski definition) is 4. The smallest absolute Gasteiger partial charge is 0.308 e. The van der Waals surface area contributed by atoms with E-state index in [9.17, 15) is 19.8 Å². The Morgan fingerprint density at radius 3 is 2.40 bits per heavy atom. The minimum Gasteiger partial charge on any atom is -0.481 e. The third-order valence-electron chi connectivity index (χ3n) is 5.72. The van der Waals surface area contributed by atoms with Gasteiger partial charge in [0, 0.05) is 32.1 Å². The summed E-state index contributed by atoms with van der Waals surface area (Å²) in [5, 5.41) is 20.4. The quantitative estimate of drug-likeness (QED) is 0.856. The van der Waals surface area contributed by atoms with Crippen molar-refractivity contribution in [3.63, 3.8) is 0 Å². The zero-order valence-corrected chi connectivity index (χ0v) is 14.8. The fourth-order valence-electron chi connectivity index (χ4n) is 4.03. The molecule has 0 spiro atoms. The average molecular weight is 346 g/mol. The lowest BCUT2D eigenvalue weighted by atomic mass is 9.86. The molecule has 2 atom stereocenters.